The molecule has 3 aromatic rings. The standard InChI is InChI=1S/C18H13F3N2O2S/c1-2-9-23-14-8-7-11(10-15(14)26-17(23)25)22-16(24)12-5-3-4-6-13(12)18(19,20)21/h2-8,10H,1,9H2,(H,22,24). The second-order valence-corrected chi connectivity index (χ2v) is 6.44. The highest BCUT2D eigenvalue weighted by atomic mass is 32.1. The molecule has 0 radical (unpaired) electrons. The number of alkyl halides is 3. The second-order valence-electron chi connectivity index (χ2n) is 5.45. The van der Waals surface area contributed by atoms with Crippen molar-refractivity contribution < 1.29 is 18.0 Å². The van der Waals surface area contributed by atoms with Crippen LogP contribution in [-0.2, 0) is 12.7 Å². The maximum absolute atomic E-state index is 13.1. The van der Waals surface area contributed by atoms with Crippen LogP contribution in [0.15, 0.2) is 59.9 Å². The van der Waals surface area contributed by atoms with E-state index >= 15 is 0 Å². The van der Waals surface area contributed by atoms with Gasteiger partial charge in [-0.3, -0.25) is 14.2 Å². The number of hydrogen-bond acceptors (Lipinski definition) is 3. The van der Waals surface area contributed by atoms with Crippen molar-refractivity contribution in [3.63, 3.8) is 0 Å². The Morgan fingerprint density at radius 2 is 1.96 bits per heavy atom. The molecular formula is C18H13F3N2O2S. The lowest BCUT2D eigenvalue weighted by Gasteiger charge is -2.12. The van der Waals surface area contributed by atoms with Crippen LogP contribution in [0.2, 0.25) is 0 Å². The molecule has 0 atom stereocenters. The topological polar surface area (TPSA) is 51.1 Å². The molecule has 2 aromatic carbocycles. The van der Waals surface area contributed by atoms with Gasteiger partial charge < -0.3 is 5.32 Å². The van der Waals surface area contributed by atoms with Crippen molar-refractivity contribution >= 4 is 33.1 Å². The van der Waals surface area contributed by atoms with Gasteiger partial charge in [-0.15, -0.1) is 6.58 Å². The number of carbonyl (C=O) groups is 1. The van der Waals surface area contributed by atoms with Crippen molar-refractivity contribution in [3.05, 3.63) is 75.9 Å². The fourth-order valence-corrected chi connectivity index (χ4v) is 3.51. The van der Waals surface area contributed by atoms with Crippen molar-refractivity contribution in [1.82, 2.24) is 4.57 Å². The maximum atomic E-state index is 13.1. The average Bonchev–Trinajstić information content (AvgIpc) is 2.89. The predicted molar refractivity (Wildman–Crippen MR) is 95.7 cm³/mol. The minimum atomic E-state index is -4.63. The summed E-state index contributed by atoms with van der Waals surface area (Å²) >= 11 is 0.992. The molecular weight excluding hydrogens is 365 g/mol. The van der Waals surface area contributed by atoms with Gasteiger partial charge in [0.05, 0.1) is 21.3 Å². The van der Waals surface area contributed by atoms with Gasteiger partial charge in [-0.2, -0.15) is 13.2 Å². The van der Waals surface area contributed by atoms with E-state index in [1.165, 1.54) is 16.7 Å². The van der Waals surface area contributed by atoms with E-state index in [4.69, 9.17) is 0 Å². The maximum Gasteiger partial charge on any atom is 0.417 e. The minimum absolute atomic E-state index is 0.175. The molecule has 1 aromatic heterocycles. The van der Waals surface area contributed by atoms with Gasteiger partial charge >= 0.3 is 11.0 Å². The van der Waals surface area contributed by atoms with Crippen molar-refractivity contribution in [2.75, 3.05) is 5.32 Å². The summed E-state index contributed by atoms with van der Waals surface area (Å²) in [5.74, 6) is -0.866. The van der Waals surface area contributed by atoms with Crippen LogP contribution in [0.5, 0.6) is 0 Å². The van der Waals surface area contributed by atoms with Gasteiger partial charge in [0.1, 0.15) is 0 Å². The van der Waals surface area contributed by atoms with E-state index in [0.29, 0.717) is 22.4 Å². The zero-order chi connectivity index (χ0) is 18.9. The van der Waals surface area contributed by atoms with Crippen molar-refractivity contribution in [3.8, 4) is 0 Å². The van der Waals surface area contributed by atoms with Gasteiger partial charge in [0.25, 0.3) is 5.91 Å². The lowest BCUT2D eigenvalue weighted by molar-refractivity contribution is -0.137. The quantitative estimate of drug-likeness (QED) is 0.679. The van der Waals surface area contributed by atoms with Gasteiger partial charge in [-0.05, 0) is 30.3 Å². The van der Waals surface area contributed by atoms with Gasteiger partial charge in [0.15, 0.2) is 0 Å². The number of fused-ring (bicyclic) bond motifs is 1. The zero-order valence-electron chi connectivity index (χ0n) is 13.3. The molecule has 0 fully saturated rings. The minimum Gasteiger partial charge on any atom is -0.322 e. The van der Waals surface area contributed by atoms with E-state index in [0.717, 1.165) is 23.5 Å². The highest BCUT2D eigenvalue weighted by Gasteiger charge is 2.34. The summed E-state index contributed by atoms with van der Waals surface area (Å²) in [6.07, 6.45) is -3.03. The Labute approximate surface area is 150 Å². The van der Waals surface area contributed by atoms with E-state index in [2.05, 4.69) is 11.9 Å². The highest BCUT2D eigenvalue weighted by Crippen LogP contribution is 2.32. The van der Waals surface area contributed by atoms with Crippen LogP contribution < -0.4 is 10.2 Å². The summed E-state index contributed by atoms with van der Waals surface area (Å²) in [6.45, 7) is 3.95. The number of carbonyl (C=O) groups excluding carboxylic acids is 1. The number of allylic oxidation sites excluding steroid dienone is 1. The molecule has 3 rings (SSSR count). The monoisotopic (exact) mass is 378 g/mol. The molecule has 1 heterocycles. The van der Waals surface area contributed by atoms with E-state index in [1.807, 2.05) is 0 Å². The van der Waals surface area contributed by atoms with Gasteiger partial charge in [-0.25, -0.2) is 0 Å². The molecule has 0 aliphatic carbocycles. The predicted octanol–water partition coefficient (Wildman–Crippen LogP) is 4.52. The second kappa shape index (κ2) is 6.80. The molecule has 1 N–H and O–H groups in total. The smallest absolute Gasteiger partial charge is 0.322 e. The van der Waals surface area contributed by atoms with E-state index in [-0.39, 0.29) is 4.87 Å². The van der Waals surface area contributed by atoms with Crippen molar-refractivity contribution in [2.24, 2.45) is 0 Å². The van der Waals surface area contributed by atoms with Crippen LogP contribution in [0, 0.1) is 0 Å². The largest absolute Gasteiger partial charge is 0.417 e. The number of hydrogen-bond donors (Lipinski definition) is 1. The van der Waals surface area contributed by atoms with Crippen LogP contribution in [0.1, 0.15) is 15.9 Å². The summed E-state index contributed by atoms with van der Waals surface area (Å²) in [4.78, 5) is 24.1. The molecule has 0 bridgehead atoms. The molecule has 1 amide bonds. The number of rotatable bonds is 4. The molecule has 8 heteroatoms. The molecule has 0 saturated carbocycles. The summed E-state index contributed by atoms with van der Waals surface area (Å²) in [7, 11) is 0. The molecule has 4 nitrogen and oxygen atoms in total. The van der Waals surface area contributed by atoms with Crippen LogP contribution in [0.3, 0.4) is 0 Å². The normalized spacial score (nSPS) is 11.5. The van der Waals surface area contributed by atoms with Crippen molar-refractivity contribution in [2.45, 2.75) is 12.7 Å². The van der Waals surface area contributed by atoms with Crippen LogP contribution >= 0.6 is 11.3 Å². The van der Waals surface area contributed by atoms with Crippen LogP contribution in [0.25, 0.3) is 10.2 Å². The highest BCUT2D eigenvalue weighted by molar-refractivity contribution is 7.16. The lowest BCUT2D eigenvalue weighted by Crippen LogP contribution is -2.18. The first kappa shape index (κ1) is 17.9. The molecule has 0 saturated heterocycles. The van der Waals surface area contributed by atoms with E-state index < -0.39 is 23.2 Å². The molecule has 0 unspecified atom stereocenters. The molecule has 0 aliphatic heterocycles. The number of amides is 1. The summed E-state index contributed by atoms with van der Waals surface area (Å²) < 4.78 is 41.3. The number of benzene rings is 2. The van der Waals surface area contributed by atoms with E-state index in [1.54, 1.807) is 24.3 Å². The third kappa shape index (κ3) is 3.41. The Balaban J connectivity index is 1.94. The first-order valence-electron chi connectivity index (χ1n) is 7.53. The number of thiazole rings is 1. The third-order valence-corrected chi connectivity index (χ3v) is 4.66. The third-order valence-electron chi connectivity index (χ3n) is 3.71. The molecule has 134 valence electrons. The Hall–Kier alpha value is -2.87. The van der Waals surface area contributed by atoms with Gasteiger partial charge in [0.2, 0.25) is 0 Å². The van der Waals surface area contributed by atoms with E-state index in [9.17, 15) is 22.8 Å². The van der Waals surface area contributed by atoms with Crippen LogP contribution in [-0.4, -0.2) is 10.5 Å². The number of nitrogens with zero attached hydrogens (tertiary/aromatic N) is 1. The fourth-order valence-electron chi connectivity index (χ4n) is 2.57. The molecule has 0 spiro atoms. The van der Waals surface area contributed by atoms with Gasteiger partial charge in [0, 0.05) is 12.2 Å². The number of nitrogens with one attached hydrogen (secondary N) is 1. The summed E-state index contributed by atoms with van der Waals surface area (Å²) in [6, 6.07) is 9.33. The first-order chi connectivity index (χ1) is 12.3. The Kier molecular flexibility index (Phi) is 4.69. The molecule has 26 heavy (non-hydrogen) atoms. The van der Waals surface area contributed by atoms with Crippen molar-refractivity contribution in [1.29, 1.82) is 0 Å². The summed E-state index contributed by atoms with van der Waals surface area (Å²) in [5.41, 5.74) is -0.474. The Bertz CT molecular complexity index is 1050. The Morgan fingerprint density at radius 3 is 2.65 bits per heavy atom. The first-order valence-corrected chi connectivity index (χ1v) is 8.35. The molecule has 0 aliphatic rings. The van der Waals surface area contributed by atoms with Crippen LogP contribution in [0.4, 0.5) is 18.9 Å². The average molecular weight is 378 g/mol. The summed E-state index contributed by atoms with van der Waals surface area (Å²) in [5, 5.41) is 2.46. The fraction of sp³-hybridized carbons (Fsp3) is 0.111. The number of anilines is 1. The lowest BCUT2D eigenvalue weighted by atomic mass is 10.1. The zero-order valence-corrected chi connectivity index (χ0v) is 14.2. The number of halogens is 3. The SMILES string of the molecule is C=CCn1c(=O)sc2cc(NC(=O)c3ccccc3C(F)(F)F)ccc21. The number of aromatic nitrogens is 1. The Morgan fingerprint density at radius 1 is 1.23 bits per heavy atom. The van der Waals surface area contributed by atoms with Gasteiger partial charge in [-0.1, -0.05) is 29.5 Å².